The summed E-state index contributed by atoms with van der Waals surface area (Å²) in [5.41, 5.74) is 2.86. The standard InChI is InChI=1S/C13H14/c1-5-6(1)11(5)9-4-13-3-8-7(12(8)13)2-10(9)13/h2,5-9,11-12H,1,3-4H2. The van der Waals surface area contributed by atoms with E-state index in [4.69, 9.17) is 0 Å². The van der Waals surface area contributed by atoms with Crippen molar-refractivity contribution in [1.29, 1.82) is 0 Å². The fourth-order valence-electron chi connectivity index (χ4n) is 5.72. The summed E-state index contributed by atoms with van der Waals surface area (Å²) in [4.78, 5) is 0. The first kappa shape index (κ1) is 5.58. The molecule has 0 heterocycles. The van der Waals surface area contributed by atoms with E-state index in [-0.39, 0.29) is 0 Å². The Bertz CT molecular complexity index is 385. The Balaban J connectivity index is 1.46. The summed E-state index contributed by atoms with van der Waals surface area (Å²) >= 11 is 0. The molecule has 0 aromatic carbocycles. The molecule has 13 heavy (non-hydrogen) atoms. The van der Waals surface area contributed by atoms with Crippen LogP contribution in [0.4, 0.5) is 0 Å². The minimum atomic E-state index is 0.870. The Morgan fingerprint density at radius 3 is 2.69 bits per heavy atom. The first-order chi connectivity index (χ1) is 6.40. The molecule has 0 aromatic heterocycles. The van der Waals surface area contributed by atoms with Gasteiger partial charge in [-0.1, -0.05) is 11.6 Å². The quantitative estimate of drug-likeness (QED) is 0.530. The molecule has 0 aliphatic heterocycles. The lowest BCUT2D eigenvalue weighted by molar-refractivity contribution is 0.0307. The molecule has 0 saturated heterocycles. The molecule has 0 radical (unpaired) electrons. The maximum atomic E-state index is 2.73. The number of fused-ring (bicyclic) bond motifs is 2. The minimum absolute atomic E-state index is 0.870. The van der Waals surface area contributed by atoms with Gasteiger partial charge in [0.25, 0.3) is 0 Å². The second kappa shape index (κ2) is 1.19. The summed E-state index contributed by atoms with van der Waals surface area (Å²) in [5.74, 6) is 8.31. The number of rotatable bonds is 1. The molecule has 5 saturated carbocycles. The molecule has 0 N–H and O–H groups in total. The third-order valence-corrected chi connectivity index (χ3v) is 6.60. The van der Waals surface area contributed by atoms with Gasteiger partial charge in [0, 0.05) is 0 Å². The minimum Gasteiger partial charge on any atom is -0.0807 e. The molecule has 1 spiro atoms. The maximum absolute atomic E-state index is 2.73. The van der Waals surface area contributed by atoms with Gasteiger partial charge in [0.1, 0.15) is 0 Å². The zero-order valence-corrected chi connectivity index (χ0v) is 7.74. The molecular weight excluding hydrogens is 156 g/mol. The predicted octanol–water partition coefficient (Wildman–Crippen LogP) is 2.46. The van der Waals surface area contributed by atoms with Crippen LogP contribution in [0.15, 0.2) is 11.6 Å². The van der Waals surface area contributed by atoms with E-state index in [2.05, 4.69) is 6.08 Å². The van der Waals surface area contributed by atoms with Gasteiger partial charge in [-0.25, -0.2) is 0 Å². The van der Waals surface area contributed by atoms with Crippen LogP contribution in [0.25, 0.3) is 0 Å². The third kappa shape index (κ3) is 0.358. The van der Waals surface area contributed by atoms with Crippen molar-refractivity contribution in [3.8, 4) is 0 Å². The fraction of sp³-hybridized carbons (Fsp3) is 0.846. The van der Waals surface area contributed by atoms with E-state index >= 15 is 0 Å². The molecule has 0 amide bonds. The van der Waals surface area contributed by atoms with Crippen LogP contribution < -0.4 is 0 Å². The first-order valence-corrected chi connectivity index (χ1v) is 6.12. The van der Waals surface area contributed by atoms with Gasteiger partial charge >= 0.3 is 0 Å². The van der Waals surface area contributed by atoms with Crippen molar-refractivity contribution in [1.82, 2.24) is 0 Å². The molecule has 6 aliphatic carbocycles. The maximum Gasteiger partial charge on any atom is -0.00395 e. The second-order valence-electron chi connectivity index (χ2n) is 6.70. The van der Waals surface area contributed by atoms with E-state index in [1.165, 1.54) is 29.6 Å². The van der Waals surface area contributed by atoms with Gasteiger partial charge in [-0.15, -0.1) is 0 Å². The number of hydrogen-bond donors (Lipinski definition) is 0. The van der Waals surface area contributed by atoms with Crippen molar-refractivity contribution in [2.24, 2.45) is 46.8 Å². The van der Waals surface area contributed by atoms with Crippen molar-refractivity contribution in [2.75, 3.05) is 0 Å². The van der Waals surface area contributed by atoms with Crippen molar-refractivity contribution in [3.63, 3.8) is 0 Å². The van der Waals surface area contributed by atoms with Crippen LogP contribution in [-0.2, 0) is 0 Å². The van der Waals surface area contributed by atoms with E-state index < -0.39 is 0 Å². The summed E-state index contributed by atoms with van der Waals surface area (Å²) < 4.78 is 0. The predicted molar refractivity (Wildman–Crippen MR) is 48.8 cm³/mol. The SMILES string of the molecule is C1=C2C(C3C4CC43)CC23CC2C1C23. The van der Waals surface area contributed by atoms with E-state index in [1.54, 1.807) is 19.3 Å². The highest BCUT2D eigenvalue weighted by atomic mass is 14.9. The lowest BCUT2D eigenvalue weighted by Gasteiger charge is -2.57. The molecule has 0 bridgehead atoms. The van der Waals surface area contributed by atoms with Crippen molar-refractivity contribution in [2.45, 2.75) is 19.3 Å². The lowest BCUT2D eigenvalue weighted by Crippen LogP contribution is -2.48. The zero-order valence-electron chi connectivity index (χ0n) is 7.74. The highest BCUT2D eigenvalue weighted by molar-refractivity contribution is 5.50. The monoisotopic (exact) mass is 170 g/mol. The van der Waals surface area contributed by atoms with E-state index in [0.717, 1.165) is 17.3 Å². The molecule has 6 aliphatic rings. The van der Waals surface area contributed by atoms with Crippen molar-refractivity contribution in [3.05, 3.63) is 11.6 Å². The molecule has 7 unspecified atom stereocenters. The summed E-state index contributed by atoms with van der Waals surface area (Å²) in [7, 11) is 0. The van der Waals surface area contributed by atoms with Gasteiger partial charge < -0.3 is 0 Å². The number of hydrogen-bond acceptors (Lipinski definition) is 0. The smallest absolute Gasteiger partial charge is 0.00395 e. The Morgan fingerprint density at radius 1 is 1.15 bits per heavy atom. The summed E-state index contributed by atoms with van der Waals surface area (Å²) in [6, 6.07) is 0. The average Bonchev–Trinajstić information content (AvgIpc) is 2.87. The molecule has 7 atom stereocenters. The normalized spacial score (nSPS) is 82.5. The lowest BCUT2D eigenvalue weighted by atomic mass is 9.47. The zero-order chi connectivity index (χ0) is 7.95. The van der Waals surface area contributed by atoms with Crippen LogP contribution in [-0.4, -0.2) is 0 Å². The van der Waals surface area contributed by atoms with Gasteiger partial charge in [-0.2, -0.15) is 0 Å². The Kier molecular flexibility index (Phi) is 0.511. The number of allylic oxidation sites excluding steroid dienone is 2. The van der Waals surface area contributed by atoms with Crippen LogP contribution in [0.1, 0.15) is 19.3 Å². The Morgan fingerprint density at radius 2 is 2.08 bits per heavy atom. The summed E-state index contributed by atoms with van der Waals surface area (Å²) in [6.07, 6.45) is 7.59. The van der Waals surface area contributed by atoms with Gasteiger partial charge in [-0.3, -0.25) is 0 Å². The molecule has 0 nitrogen and oxygen atoms in total. The van der Waals surface area contributed by atoms with Gasteiger partial charge in [0.15, 0.2) is 0 Å². The van der Waals surface area contributed by atoms with Crippen molar-refractivity contribution >= 4 is 0 Å². The van der Waals surface area contributed by atoms with Crippen LogP contribution in [0, 0.1) is 46.8 Å². The Labute approximate surface area is 78.4 Å². The van der Waals surface area contributed by atoms with Crippen LogP contribution in [0.3, 0.4) is 0 Å². The highest BCUT2D eigenvalue weighted by Gasteiger charge is 2.82. The molecule has 66 valence electrons. The highest BCUT2D eigenvalue weighted by Crippen LogP contribution is 2.89. The van der Waals surface area contributed by atoms with Crippen LogP contribution in [0.2, 0.25) is 0 Å². The van der Waals surface area contributed by atoms with Gasteiger partial charge in [0.2, 0.25) is 0 Å². The van der Waals surface area contributed by atoms with Crippen LogP contribution >= 0.6 is 0 Å². The summed E-state index contributed by atoms with van der Waals surface area (Å²) in [5, 5.41) is 0. The van der Waals surface area contributed by atoms with E-state index in [1.807, 2.05) is 5.57 Å². The first-order valence-electron chi connectivity index (χ1n) is 6.12. The topological polar surface area (TPSA) is 0 Å². The Hall–Kier alpha value is -0.260. The second-order valence-corrected chi connectivity index (χ2v) is 6.70. The molecular formula is C13H14. The van der Waals surface area contributed by atoms with Crippen LogP contribution in [0.5, 0.6) is 0 Å². The van der Waals surface area contributed by atoms with Crippen molar-refractivity contribution < 1.29 is 0 Å². The van der Waals surface area contributed by atoms with E-state index in [0.29, 0.717) is 0 Å². The van der Waals surface area contributed by atoms with Gasteiger partial charge in [-0.05, 0) is 66.1 Å². The largest absolute Gasteiger partial charge is 0.0807 e. The molecule has 5 fully saturated rings. The van der Waals surface area contributed by atoms with Gasteiger partial charge in [0.05, 0.1) is 0 Å². The molecule has 0 heteroatoms. The fourth-order valence-corrected chi connectivity index (χ4v) is 5.72. The summed E-state index contributed by atoms with van der Waals surface area (Å²) in [6.45, 7) is 0. The van der Waals surface area contributed by atoms with E-state index in [9.17, 15) is 0 Å². The molecule has 0 aromatic rings. The average molecular weight is 170 g/mol. The third-order valence-electron chi connectivity index (χ3n) is 6.60. The molecule has 6 rings (SSSR count).